The predicted octanol–water partition coefficient (Wildman–Crippen LogP) is 2.89. The van der Waals surface area contributed by atoms with Gasteiger partial charge in [0.25, 0.3) is 0 Å². The normalized spacial score (nSPS) is 26.5. The van der Waals surface area contributed by atoms with Crippen LogP contribution in [0.4, 0.5) is 0 Å². The van der Waals surface area contributed by atoms with E-state index < -0.39 is 0 Å². The molecule has 2 nitrogen and oxygen atoms in total. The van der Waals surface area contributed by atoms with Crippen LogP contribution in [0.5, 0.6) is 0 Å². The second kappa shape index (κ2) is 7.02. The van der Waals surface area contributed by atoms with E-state index in [2.05, 4.69) is 18.8 Å². The van der Waals surface area contributed by atoms with E-state index in [4.69, 9.17) is 4.74 Å². The molecule has 0 amide bonds. The van der Waals surface area contributed by atoms with Gasteiger partial charge in [-0.3, -0.25) is 0 Å². The van der Waals surface area contributed by atoms with E-state index >= 15 is 0 Å². The van der Waals surface area contributed by atoms with E-state index in [1.54, 1.807) is 0 Å². The summed E-state index contributed by atoms with van der Waals surface area (Å²) in [5.41, 5.74) is 0.0939. The summed E-state index contributed by atoms with van der Waals surface area (Å²) in [7, 11) is 0. The van der Waals surface area contributed by atoms with Crippen LogP contribution in [0.15, 0.2) is 12.7 Å². The van der Waals surface area contributed by atoms with Gasteiger partial charge in [0.2, 0.25) is 0 Å². The van der Waals surface area contributed by atoms with Gasteiger partial charge in [-0.1, -0.05) is 12.5 Å². The van der Waals surface area contributed by atoms with Crippen LogP contribution >= 0.6 is 0 Å². The van der Waals surface area contributed by atoms with Gasteiger partial charge in [0.15, 0.2) is 0 Å². The molecule has 0 aliphatic carbocycles. The zero-order valence-electron chi connectivity index (χ0n) is 10.1. The Balaban J connectivity index is 2.00. The second-order valence-corrected chi connectivity index (χ2v) is 4.72. The highest BCUT2D eigenvalue weighted by Crippen LogP contribution is 2.20. The van der Waals surface area contributed by atoms with Crippen LogP contribution < -0.4 is 5.32 Å². The lowest BCUT2D eigenvalue weighted by Crippen LogP contribution is -2.45. The molecule has 1 N–H and O–H groups in total. The third-order valence-electron chi connectivity index (χ3n) is 3.06. The van der Waals surface area contributed by atoms with Gasteiger partial charge in [-0.2, -0.15) is 0 Å². The number of hydrogen-bond acceptors (Lipinski definition) is 2. The Labute approximate surface area is 94.1 Å². The number of nitrogens with one attached hydrogen (secondary N) is 1. The van der Waals surface area contributed by atoms with Crippen molar-refractivity contribution in [3.63, 3.8) is 0 Å². The van der Waals surface area contributed by atoms with E-state index in [9.17, 15) is 0 Å². The minimum absolute atomic E-state index is 0.0939. The summed E-state index contributed by atoms with van der Waals surface area (Å²) in [5, 5.41) is 3.40. The average molecular weight is 211 g/mol. The minimum Gasteiger partial charge on any atom is -0.374 e. The van der Waals surface area contributed by atoms with E-state index in [0.29, 0.717) is 0 Å². The summed E-state index contributed by atoms with van der Waals surface area (Å²) in [6, 6.07) is 0. The lowest BCUT2D eigenvalue weighted by Gasteiger charge is -2.34. The van der Waals surface area contributed by atoms with Gasteiger partial charge in [-0.15, -0.1) is 6.58 Å². The highest BCUT2D eigenvalue weighted by Gasteiger charge is 2.26. The maximum atomic E-state index is 5.96. The molecule has 1 atom stereocenters. The van der Waals surface area contributed by atoms with Crippen molar-refractivity contribution < 1.29 is 4.74 Å². The topological polar surface area (TPSA) is 21.3 Å². The Morgan fingerprint density at radius 1 is 1.40 bits per heavy atom. The molecular weight excluding hydrogens is 186 g/mol. The van der Waals surface area contributed by atoms with Crippen molar-refractivity contribution >= 4 is 0 Å². The van der Waals surface area contributed by atoms with E-state index in [1.165, 1.54) is 32.1 Å². The molecule has 1 fully saturated rings. The fourth-order valence-electron chi connectivity index (χ4n) is 2.04. The van der Waals surface area contributed by atoms with Gasteiger partial charge in [-0.05, 0) is 45.6 Å². The summed E-state index contributed by atoms with van der Waals surface area (Å²) >= 11 is 0. The van der Waals surface area contributed by atoms with Crippen LogP contribution in [0.25, 0.3) is 0 Å². The molecule has 0 radical (unpaired) electrons. The molecule has 1 aliphatic heterocycles. The summed E-state index contributed by atoms with van der Waals surface area (Å²) in [4.78, 5) is 0. The third kappa shape index (κ3) is 5.33. The fraction of sp³-hybridized carbons (Fsp3) is 0.846. The molecule has 0 spiro atoms. The first-order chi connectivity index (χ1) is 7.27. The van der Waals surface area contributed by atoms with E-state index in [-0.39, 0.29) is 5.60 Å². The van der Waals surface area contributed by atoms with Crippen molar-refractivity contribution in [3.8, 4) is 0 Å². The number of piperidine rings is 1. The smallest absolute Gasteiger partial charge is 0.0778 e. The molecule has 1 heterocycles. The lowest BCUT2D eigenvalue weighted by molar-refractivity contribution is -0.0478. The van der Waals surface area contributed by atoms with Crippen LogP contribution in [0.1, 0.15) is 45.4 Å². The van der Waals surface area contributed by atoms with Gasteiger partial charge < -0.3 is 10.1 Å². The highest BCUT2D eigenvalue weighted by molar-refractivity contribution is 4.82. The first kappa shape index (κ1) is 12.7. The van der Waals surface area contributed by atoms with Crippen LogP contribution in [0.3, 0.4) is 0 Å². The summed E-state index contributed by atoms with van der Waals surface area (Å²) in [6.45, 7) is 9.03. The molecule has 0 bridgehead atoms. The van der Waals surface area contributed by atoms with Gasteiger partial charge in [0, 0.05) is 13.2 Å². The Morgan fingerprint density at radius 3 is 2.93 bits per heavy atom. The van der Waals surface area contributed by atoms with Crippen molar-refractivity contribution in [1.82, 2.24) is 5.32 Å². The highest BCUT2D eigenvalue weighted by atomic mass is 16.5. The lowest BCUT2D eigenvalue weighted by atomic mass is 9.96. The molecule has 88 valence electrons. The van der Waals surface area contributed by atoms with Gasteiger partial charge in [0.05, 0.1) is 5.60 Å². The molecule has 2 heteroatoms. The zero-order valence-corrected chi connectivity index (χ0v) is 10.1. The number of ether oxygens (including phenoxy) is 1. The van der Waals surface area contributed by atoms with E-state index in [1.807, 2.05) is 6.08 Å². The monoisotopic (exact) mass is 211 g/mol. The van der Waals surface area contributed by atoms with Crippen LogP contribution in [-0.2, 0) is 4.74 Å². The molecule has 0 saturated carbocycles. The maximum Gasteiger partial charge on any atom is 0.0778 e. The van der Waals surface area contributed by atoms with Crippen molar-refractivity contribution in [2.75, 3.05) is 19.7 Å². The maximum absolute atomic E-state index is 5.96. The van der Waals surface area contributed by atoms with Crippen molar-refractivity contribution in [3.05, 3.63) is 12.7 Å². The van der Waals surface area contributed by atoms with Crippen molar-refractivity contribution in [2.24, 2.45) is 0 Å². The molecule has 1 unspecified atom stereocenters. The van der Waals surface area contributed by atoms with Gasteiger partial charge in [0.1, 0.15) is 0 Å². The SMILES string of the molecule is C=CCCCCCOC1(C)CCCNC1. The molecule has 0 aromatic carbocycles. The first-order valence-electron chi connectivity index (χ1n) is 6.22. The molecule has 0 aromatic heterocycles. The Bertz CT molecular complexity index is 173. The van der Waals surface area contributed by atoms with Gasteiger partial charge >= 0.3 is 0 Å². The third-order valence-corrected chi connectivity index (χ3v) is 3.06. The first-order valence-corrected chi connectivity index (χ1v) is 6.22. The van der Waals surface area contributed by atoms with E-state index in [0.717, 1.165) is 26.1 Å². The molecule has 0 aromatic rings. The number of hydrogen-bond donors (Lipinski definition) is 1. The van der Waals surface area contributed by atoms with Crippen LogP contribution in [-0.4, -0.2) is 25.3 Å². The zero-order chi connectivity index (χ0) is 11.0. The molecule has 1 rings (SSSR count). The van der Waals surface area contributed by atoms with Crippen LogP contribution in [0.2, 0.25) is 0 Å². The van der Waals surface area contributed by atoms with Crippen molar-refractivity contribution in [1.29, 1.82) is 0 Å². The Morgan fingerprint density at radius 2 is 2.27 bits per heavy atom. The standard InChI is InChI=1S/C13H25NO/c1-3-4-5-6-7-11-15-13(2)9-8-10-14-12-13/h3,14H,1,4-12H2,2H3. The quantitative estimate of drug-likeness (QED) is 0.516. The second-order valence-electron chi connectivity index (χ2n) is 4.72. The molecule has 15 heavy (non-hydrogen) atoms. The Kier molecular flexibility index (Phi) is 5.96. The van der Waals surface area contributed by atoms with Crippen LogP contribution in [0, 0.1) is 0 Å². The average Bonchev–Trinajstić information content (AvgIpc) is 2.24. The largest absolute Gasteiger partial charge is 0.374 e. The minimum atomic E-state index is 0.0939. The number of unbranched alkanes of at least 4 members (excludes halogenated alkanes) is 3. The predicted molar refractivity (Wildman–Crippen MR) is 65.1 cm³/mol. The van der Waals surface area contributed by atoms with Crippen molar-refractivity contribution in [2.45, 2.75) is 51.0 Å². The number of allylic oxidation sites excluding steroid dienone is 1. The van der Waals surface area contributed by atoms with Gasteiger partial charge in [-0.25, -0.2) is 0 Å². The molecule has 1 saturated heterocycles. The summed E-state index contributed by atoms with van der Waals surface area (Å²) < 4.78 is 5.96. The number of rotatable bonds is 7. The Hall–Kier alpha value is -0.340. The molecular formula is C13H25NO. The fourth-order valence-corrected chi connectivity index (χ4v) is 2.04. The summed E-state index contributed by atoms with van der Waals surface area (Å²) in [5.74, 6) is 0. The molecule has 1 aliphatic rings. The summed E-state index contributed by atoms with van der Waals surface area (Å²) in [6.07, 6.45) is 9.27.